The molecule has 82 valence electrons. The van der Waals surface area contributed by atoms with Crippen LogP contribution in [0.25, 0.3) is 0 Å². The molecule has 0 saturated heterocycles. The molecule has 0 saturated carbocycles. The number of nitrogens with one attached hydrogen (secondary N) is 1. The van der Waals surface area contributed by atoms with Crippen LogP contribution in [0.2, 0.25) is 0 Å². The van der Waals surface area contributed by atoms with Crippen LogP contribution in [0.15, 0.2) is 24.3 Å². The lowest BCUT2D eigenvalue weighted by atomic mass is 9.80. The van der Waals surface area contributed by atoms with Gasteiger partial charge in [-0.15, -0.1) is 28.7 Å². The van der Waals surface area contributed by atoms with Crippen LogP contribution in [0.3, 0.4) is 0 Å². The minimum absolute atomic E-state index is 0. The number of rotatable bonds is 3. The highest BCUT2D eigenvalue weighted by Crippen LogP contribution is 2.11. The molecular weight excluding hydrogens is 277 g/mol. The summed E-state index contributed by atoms with van der Waals surface area (Å²) in [5, 5.41) is 25.7. The molecule has 3 N–H and O–H groups in total. The second-order valence-electron chi connectivity index (χ2n) is 2.96. The molecule has 3 nitrogen and oxygen atoms in total. The van der Waals surface area contributed by atoms with Crippen molar-refractivity contribution in [2.24, 2.45) is 0 Å². The molecule has 0 unspecified atom stereocenters. The van der Waals surface area contributed by atoms with Gasteiger partial charge in [0.1, 0.15) is 0 Å². The van der Waals surface area contributed by atoms with E-state index >= 15 is 0 Å². The zero-order chi connectivity index (χ0) is 10.6. The highest BCUT2D eigenvalue weighted by molar-refractivity contribution is 8.93. The van der Waals surface area contributed by atoms with E-state index in [4.69, 9.17) is 15.5 Å². The normalized spacial score (nSPS) is 9.27. The average Bonchev–Trinajstić information content (AvgIpc) is 2.15. The molecule has 0 atom stereocenters. The topological polar surface area (TPSA) is 64.3 Å². The first-order chi connectivity index (χ1) is 6.59. The van der Waals surface area contributed by atoms with Crippen molar-refractivity contribution in [3.05, 3.63) is 29.8 Å². The maximum absolute atomic E-state index is 8.93. The van der Waals surface area contributed by atoms with Crippen molar-refractivity contribution in [2.75, 3.05) is 0 Å². The first kappa shape index (κ1) is 14.7. The van der Waals surface area contributed by atoms with Crippen LogP contribution in [0.4, 0.5) is 0 Å². The summed E-state index contributed by atoms with van der Waals surface area (Å²) in [6, 6.07) is 7.09. The molecule has 0 amide bonds. The predicted octanol–water partition coefficient (Wildman–Crippen LogP) is 1.17. The van der Waals surface area contributed by atoms with E-state index < -0.39 is 7.12 Å². The van der Waals surface area contributed by atoms with Gasteiger partial charge in [0.15, 0.2) is 0 Å². The number of hydrogen-bond donors (Lipinski definition) is 3. The van der Waals surface area contributed by atoms with Gasteiger partial charge in [0, 0.05) is 5.75 Å². The fourth-order valence-corrected chi connectivity index (χ4v) is 1.60. The van der Waals surface area contributed by atoms with E-state index in [1.165, 1.54) is 11.8 Å². The molecular formula is C9H13BBrNO2S. The van der Waals surface area contributed by atoms with Crippen molar-refractivity contribution < 1.29 is 10.0 Å². The molecule has 0 heterocycles. The van der Waals surface area contributed by atoms with Crippen LogP contribution in [0, 0.1) is 5.41 Å². The van der Waals surface area contributed by atoms with Gasteiger partial charge in [-0.25, -0.2) is 0 Å². The highest BCUT2D eigenvalue weighted by Gasteiger charge is 2.10. The summed E-state index contributed by atoms with van der Waals surface area (Å²) in [5.41, 5.74) is 1.48. The predicted molar refractivity (Wildman–Crippen MR) is 71.3 cm³/mol. The van der Waals surface area contributed by atoms with E-state index in [9.17, 15) is 0 Å². The van der Waals surface area contributed by atoms with E-state index in [0.717, 1.165) is 5.56 Å². The van der Waals surface area contributed by atoms with E-state index in [0.29, 0.717) is 16.3 Å². The largest absolute Gasteiger partial charge is 0.488 e. The van der Waals surface area contributed by atoms with Crippen LogP contribution in [-0.2, 0) is 5.75 Å². The summed E-state index contributed by atoms with van der Waals surface area (Å²) in [5.74, 6) is 0.690. The molecule has 1 rings (SSSR count). The average molecular weight is 290 g/mol. The van der Waals surface area contributed by atoms with E-state index in [1.807, 2.05) is 6.07 Å². The molecule has 0 bridgehead atoms. The van der Waals surface area contributed by atoms with Gasteiger partial charge in [-0.3, -0.25) is 5.41 Å². The molecule has 0 aromatic heterocycles. The second-order valence-corrected chi connectivity index (χ2v) is 4.15. The lowest BCUT2D eigenvalue weighted by Gasteiger charge is -2.03. The Kier molecular flexibility index (Phi) is 6.92. The summed E-state index contributed by atoms with van der Waals surface area (Å²) < 4.78 is 0. The molecule has 1 aromatic rings. The van der Waals surface area contributed by atoms with Gasteiger partial charge in [0.2, 0.25) is 0 Å². The molecule has 1 aromatic carbocycles. The minimum atomic E-state index is -1.42. The fourth-order valence-electron chi connectivity index (χ4n) is 1.04. The van der Waals surface area contributed by atoms with Crippen LogP contribution < -0.4 is 5.46 Å². The van der Waals surface area contributed by atoms with Gasteiger partial charge in [0.05, 0.1) is 5.04 Å². The molecule has 0 spiro atoms. The Morgan fingerprint density at radius 1 is 1.47 bits per heavy atom. The van der Waals surface area contributed by atoms with Crippen LogP contribution in [-0.4, -0.2) is 22.2 Å². The molecule has 6 heteroatoms. The summed E-state index contributed by atoms with van der Waals surface area (Å²) in [7, 11) is -1.42. The molecule has 0 aliphatic rings. The van der Waals surface area contributed by atoms with Crippen molar-refractivity contribution in [3.63, 3.8) is 0 Å². The zero-order valence-electron chi connectivity index (χ0n) is 8.30. The lowest BCUT2D eigenvalue weighted by Crippen LogP contribution is -2.29. The van der Waals surface area contributed by atoms with Crippen molar-refractivity contribution >= 4 is 46.4 Å². The first-order valence-corrected chi connectivity index (χ1v) is 5.21. The Morgan fingerprint density at radius 3 is 2.67 bits per heavy atom. The lowest BCUT2D eigenvalue weighted by molar-refractivity contribution is 0.425. The van der Waals surface area contributed by atoms with Crippen molar-refractivity contribution in [2.45, 2.75) is 12.7 Å². The van der Waals surface area contributed by atoms with Gasteiger partial charge in [0.25, 0.3) is 0 Å². The van der Waals surface area contributed by atoms with Gasteiger partial charge in [-0.05, 0) is 17.9 Å². The quantitative estimate of drug-likeness (QED) is 0.445. The van der Waals surface area contributed by atoms with Crippen LogP contribution in [0.5, 0.6) is 0 Å². The number of hydrogen-bond acceptors (Lipinski definition) is 4. The summed E-state index contributed by atoms with van der Waals surface area (Å²) in [6.07, 6.45) is 0. The maximum atomic E-state index is 8.93. The van der Waals surface area contributed by atoms with E-state index in [2.05, 4.69) is 0 Å². The Hall–Kier alpha value is -0.295. The molecule has 0 radical (unpaired) electrons. The van der Waals surface area contributed by atoms with Crippen LogP contribution in [0.1, 0.15) is 12.5 Å². The first-order valence-electron chi connectivity index (χ1n) is 4.22. The third-order valence-electron chi connectivity index (χ3n) is 1.70. The molecule has 0 fully saturated rings. The summed E-state index contributed by atoms with van der Waals surface area (Å²) in [4.78, 5) is 0. The number of benzene rings is 1. The molecule has 0 aliphatic heterocycles. The standard InChI is InChI=1S/C9H12BNO2S.BrH/c1-7(11)14-6-8-3-2-4-9(5-8)10(12)13;/h2-5,11-13H,6H2,1H3;1H. The Balaban J connectivity index is 0.00000196. The summed E-state index contributed by atoms with van der Waals surface area (Å²) >= 11 is 1.42. The second kappa shape index (κ2) is 7.06. The number of thioether (sulfide) groups is 1. The zero-order valence-corrected chi connectivity index (χ0v) is 10.8. The third kappa shape index (κ3) is 5.37. The molecule has 15 heavy (non-hydrogen) atoms. The third-order valence-corrected chi connectivity index (χ3v) is 2.62. The highest BCUT2D eigenvalue weighted by atomic mass is 79.9. The van der Waals surface area contributed by atoms with Gasteiger partial charge >= 0.3 is 7.12 Å². The SMILES string of the molecule is Br.CC(=N)SCc1cccc(B(O)O)c1. The monoisotopic (exact) mass is 289 g/mol. The Labute approximate surface area is 104 Å². The van der Waals surface area contributed by atoms with Crippen molar-refractivity contribution in [1.29, 1.82) is 5.41 Å². The van der Waals surface area contributed by atoms with Crippen LogP contribution >= 0.6 is 28.7 Å². The van der Waals surface area contributed by atoms with E-state index in [1.54, 1.807) is 25.1 Å². The van der Waals surface area contributed by atoms with E-state index in [-0.39, 0.29) is 17.0 Å². The fraction of sp³-hybridized carbons (Fsp3) is 0.222. The Bertz CT molecular complexity index is 336. The van der Waals surface area contributed by atoms with Crippen molar-refractivity contribution in [1.82, 2.24) is 0 Å². The van der Waals surface area contributed by atoms with Gasteiger partial charge in [-0.1, -0.05) is 24.3 Å². The summed E-state index contributed by atoms with van der Waals surface area (Å²) in [6.45, 7) is 1.73. The van der Waals surface area contributed by atoms with Crippen molar-refractivity contribution in [3.8, 4) is 0 Å². The molecule has 0 aliphatic carbocycles. The van der Waals surface area contributed by atoms with Gasteiger partial charge in [-0.2, -0.15) is 0 Å². The number of halogens is 1. The Morgan fingerprint density at radius 2 is 2.13 bits per heavy atom. The minimum Gasteiger partial charge on any atom is -0.423 e. The maximum Gasteiger partial charge on any atom is 0.488 e. The smallest absolute Gasteiger partial charge is 0.423 e. The van der Waals surface area contributed by atoms with Gasteiger partial charge < -0.3 is 10.0 Å².